The molecule has 8 aliphatic rings. The van der Waals surface area contributed by atoms with Crippen molar-refractivity contribution in [3.05, 3.63) is 104 Å². The van der Waals surface area contributed by atoms with E-state index in [-0.39, 0.29) is 0 Å². The summed E-state index contributed by atoms with van der Waals surface area (Å²) in [5, 5.41) is 4.29. The summed E-state index contributed by atoms with van der Waals surface area (Å²) < 4.78 is 51.9. The van der Waals surface area contributed by atoms with E-state index in [1.165, 1.54) is 68.3 Å². The topological polar surface area (TPSA) is 73.8 Å². The number of rotatable bonds is 3. The molecule has 16 heteroatoms. The van der Waals surface area contributed by atoms with Crippen LogP contribution in [0.25, 0.3) is 68.3 Å². The lowest BCUT2D eigenvalue weighted by atomic mass is 10.0. The van der Waals surface area contributed by atoms with Crippen molar-refractivity contribution in [3.8, 4) is 68.3 Å². The highest BCUT2D eigenvalue weighted by atomic mass is 32.1. The van der Waals surface area contributed by atoms with Gasteiger partial charge in [-0.3, -0.25) is 0 Å². The molecular formula is C44H26O8S8. The Morgan fingerprint density at radius 1 is 0.283 bits per heavy atom. The molecule has 8 aromatic heterocycles. The predicted octanol–water partition coefficient (Wildman–Crippen LogP) is 12.1. The van der Waals surface area contributed by atoms with E-state index in [0.717, 1.165) is 44.5 Å². The van der Waals surface area contributed by atoms with Crippen LogP contribution in [-0.4, -0.2) is 52.9 Å². The van der Waals surface area contributed by atoms with Crippen molar-refractivity contribution >= 4 is 90.7 Å². The van der Waals surface area contributed by atoms with Crippen molar-refractivity contribution in [2.24, 2.45) is 0 Å². The molecule has 0 bridgehead atoms. The predicted molar refractivity (Wildman–Crippen MR) is 238 cm³/mol. The summed E-state index contributed by atoms with van der Waals surface area (Å²) in [6, 6.07) is 18.1. The lowest BCUT2D eigenvalue weighted by Gasteiger charge is -2.23. The van der Waals surface area contributed by atoms with Gasteiger partial charge < -0.3 is 37.9 Å². The van der Waals surface area contributed by atoms with Gasteiger partial charge in [0.15, 0.2) is 0 Å². The first kappa shape index (κ1) is 34.7. The molecule has 60 heavy (non-hydrogen) atoms. The molecule has 4 aliphatic carbocycles. The summed E-state index contributed by atoms with van der Waals surface area (Å²) in [7, 11) is 0. The highest BCUT2D eigenvalue weighted by Gasteiger charge is 2.56. The van der Waals surface area contributed by atoms with Crippen molar-refractivity contribution in [1.82, 2.24) is 0 Å². The molecule has 4 spiro atoms. The van der Waals surface area contributed by atoms with Crippen molar-refractivity contribution in [1.29, 1.82) is 0 Å². The Hall–Kier alpha value is -2.72. The summed E-state index contributed by atoms with van der Waals surface area (Å²) in [6.07, 6.45) is 0. The summed E-state index contributed by atoms with van der Waals surface area (Å²) in [5.74, 6) is -3.37. The lowest BCUT2D eigenvalue weighted by Crippen LogP contribution is -2.25. The molecule has 12 heterocycles. The van der Waals surface area contributed by atoms with E-state index in [0.29, 0.717) is 52.9 Å². The van der Waals surface area contributed by atoms with Crippen LogP contribution in [0.2, 0.25) is 0 Å². The molecule has 4 fully saturated rings. The molecule has 298 valence electrons. The van der Waals surface area contributed by atoms with E-state index < -0.39 is 23.1 Å². The summed E-state index contributed by atoms with van der Waals surface area (Å²) in [4.78, 5) is 17.2. The minimum absolute atomic E-state index is 0.553. The molecule has 0 amide bonds. The van der Waals surface area contributed by atoms with Crippen LogP contribution in [0.1, 0.15) is 44.5 Å². The zero-order valence-electron chi connectivity index (χ0n) is 31.0. The average Bonchev–Trinajstić information content (AvgIpc) is 4.10. The zero-order valence-corrected chi connectivity index (χ0v) is 37.5. The fraction of sp³-hybridized carbons (Fsp3) is 0.273. The molecule has 8 aromatic rings. The number of hydrogen-bond donors (Lipinski definition) is 0. The Balaban J connectivity index is 0.790. The van der Waals surface area contributed by atoms with Crippen LogP contribution in [0.3, 0.4) is 0 Å². The lowest BCUT2D eigenvalue weighted by molar-refractivity contribution is -0.126. The van der Waals surface area contributed by atoms with Gasteiger partial charge in [0.25, 0.3) is 0 Å². The zero-order chi connectivity index (χ0) is 38.7. The largest absolute Gasteiger partial charge is 0.340 e. The minimum atomic E-state index is -0.902. The maximum atomic E-state index is 6.63. The quantitative estimate of drug-likeness (QED) is 0.173. The fourth-order valence-corrected chi connectivity index (χ4v) is 20.5. The van der Waals surface area contributed by atoms with E-state index in [4.69, 9.17) is 37.9 Å². The number of hydrogen-bond acceptors (Lipinski definition) is 16. The Morgan fingerprint density at radius 3 is 0.750 bits per heavy atom. The van der Waals surface area contributed by atoms with Crippen LogP contribution in [0.4, 0.5) is 0 Å². The maximum Gasteiger partial charge on any atom is 0.225 e. The third-order valence-electron chi connectivity index (χ3n) is 12.9. The first-order valence-corrected chi connectivity index (χ1v) is 26.4. The van der Waals surface area contributed by atoms with Crippen LogP contribution in [0, 0.1) is 0 Å². The minimum Gasteiger partial charge on any atom is -0.340 e. The molecule has 4 saturated heterocycles. The molecule has 0 radical (unpaired) electrons. The second-order valence-corrected chi connectivity index (χ2v) is 23.8. The molecule has 8 nitrogen and oxygen atoms in total. The SMILES string of the molecule is c1cc2c(s1)-c1sc(-c3cc4c(s3)-c3sc(-c5cc6c(s5)-c5sc(-c7cc8c(s7)-c7sccc7C87OCCO7)cc5C65OCCO5)cc3C43OCCO3)cc1C21OCCO1. The molecule has 16 rings (SSSR count). The van der Waals surface area contributed by atoms with E-state index >= 15 is 0 Å². The molecule has 0 saturated carbocycles. The molecule has 4 aliphatic heterocycles. The Bertz CT molecular complexity index is 2960. The molecule has 0 unspecified atom stereocenters. The smallest absolute Gasteiger partial charge is 0.225 e. The summed E-state index contributed by atoms with van der Waals surface area (Å²) in [6.45, 7) is 4.59. The highest BCUT2D eigenvalue weighted by molar-refractivity contribution is 7.32. The van der Waals surface area contributed by atoms with Gasteiger partial charge in [0.2, 0.25) is 23.1 Å². The van der Waals surface area contributed by atoms with E-state index in [1.54, 1.807) is 22.7 Å². The second-order valence-electron chi connectivity index (χ2n) is 15.7. The molecule has 0 aromatic carbocycles. The van der Waals surface area contributed by atoms with Gasteiger partial charge in [0, 0.05) is 73.8 Å². The second kappa shape index (κ2) is 11.7. The average molecular weight is 939 g/mol. The number of ether oxygens (including phenoxy) is 8. The first-order valence-electron chi connectivity index (χ1n) is 19.7. The number of thiophene rings is 8. The van der Waals surface area contributed by atoms with Crippen LogP contribution < -0.4 is 0 Å². The van der Waals surface area contributed by atoms with Gasteiger partial charge in [0.05, 0.1) is 91.9 Å². The van der Waals surface area contributed by atoms with Crippen molar-refractivity contribution in [3.63, 3.8) is 0 Å². The van der Waals surface area contributed by atoms with Crippen LogP contribution in [0.5, 0.6) is 0 Å². The molecular weight excluding hydrogens is 913 g/mol. The monoisotopic (exact) mass is 938 g/mol. The number of fused-ring (bicyclic) bond motifs is 20. The third kappa shape index (κ3) is 4.02. The van der Waals surface area contributed by atoms with Gasteiger partial charge in [-0.2, -0.15) is 0 Å². The fourth-order valence-electron chi connectivity index (χ4n) is 10.5. The summed E-state index contributed by atoms with van der Waals surface area (Å²) in [5.41, 5.74) is 9.01. The van der Waals surface area contributed by atoms with Crippen LogP contribution >= 0.6 is 90.7 Å². The van der Waals surface area contributed by atoms with Crippen molar-refractivity contribution < 1.29 is 37.9 Å². The van der Waals surface area contributed by atoms with Crippen LogP contribution in [-0.2, 0) is 61.0 Å². The van der Waals surface area contributed by atoms with E-state index in [1.807, 2.05) is 68.0 Å². The first-order chi connectivity index (χ1) is 29.6. The van der Waals surface area contributed by atoms with Crippen molar-refractivity contribution in [2.75, 3.05) is 52.9 Å². The third-order valence-corrected chi connectivity index (χ3v) is 22.8. The maximum absolute atomic E-state index is 6.63. The Kier molecular flexibility index (Phi) is 6.77. The standard InChI is InChI=1S/C44H26O8S8/c1-11-53-33-19(1)41(45-3-4-46-41)21-13-27(55-35(21)33)29-15-23-37(57-29)39-25(43(23)49-7-8-50-43)17-31(59-39)32-18-26-40(60-32)38-24(44(26)51-9-10-52-44)16-30(58-38)28-14-22-36(56-28)34-20(2-12-54-34)42(22)47-5-6-48-42/h1-2,11-18H,3-10H2. The van der Waals surface area contributed by atoms with Crippen LogP contribution in [0.15, 0.2) is 59.3 Å². The van der Waals surface area contributed by atoms with Gasteiger partial charge in [-0.25, -0.2) is 0 Å². The normalized spacial score (nSPS) is 21.8. The summed E-state index contributed by atoms with van der Waals surface area (Å²) >= 11 is 14.5. The van der Waals surface area contributed by atoms with Gasteiger partial charge in [0.1, 0.15) is 0 Å². The Labute approximate surface area is 373 Å². The molecule has 0 atom stereocenters. The van der Waals surface area contributed by atoms with Gasteiger partial charge >= 0.3 is 0 Å². The van der Waals surface area contributed by atoms with Gasteiger partial charge in [-0.1, -0.05) is 0 Å². The Morgan fingerprint density at radius 2 is 0.500 bits per heavy atom. The van der Waals surface area contributed by atoms with Gasteiger partial charge in [-0.15, -0.1) is 90.7 Å². The van der Waals surface area contributed by atoms with E-state index in [2.05, 4.69) is 59.3 Å². The van der Waals surface area contributed by atoms with Gasteiger partial charge in [-0.05, 0) is 59.3 Å². The van der Waals surface area contributed by atoms with E-state index in [9.17, 15) is 0 Å². The molecule has 0 N–H and O–H groups in total. The highest BCUT2D eigenvalue weighted by Crippen LogP contribution is 2.66. The van der Waals surface area contributed by atoms with Crippen molar-refractivity contribution in [2.45, 2.75) is 23.1 Å².